The van der Waals surface area contributed by atoms with Gasteiger partial charge < -0.3 is 4.74 Å². The molecule has 1 saturated heterocycles. The summed E-state index contributed by atoms with van der Waals surface area (Å²) in [6, 6.07) is 4.65. The second-order valence-corrected chi connectivity index (χ2v) is 7.52. The van der Waals surface area contributed by atoms with E-state index in [9.17, 15) is 28.1 Å². The first-order valence-corrected chi connectivity index (χ1v) is 9.44. The number of amides is 1. The van der Waals surface area contributed by atoms with E-state index in [4.69, 9.17) is 8.92 Å². The number of hydrogen-bond donors (Lipinski definition) is 0. The van der Waals surface area contributed by atoms with Gasteiger partial charge in [0.2, 0.25) is 0 Å². The fourth-order valence-electron chi connectivity index (χ4n) is 2.64. The van der Waals surface area contributed by atoms with Crippen LogP contribution < -0.4 is 0 Å². The van der Waals surface area contributed by atoms with Gasteiger partial charge in [0.05, 0.1) is 29.9 Å². The van der Waals surface area contributed by atoms with Crippen LogP contribution in [-0.2, 0) is 30.4 Å². The summed E-state index contributed by atoms with van der Waals surface area (Å²) < 4.78 is 32.5. The third kappa shape index (κ3) is 5.23. The second kappa shape index (κ2) is 7.79. The molecule has 1 fully saturated rings. The van der Waals surface area contributed by atoms with Gasteiger partial charge in [0.25, 0.3) is 15.8 Å². The molecule has 0 aromatic heterocycles. The van der Waals surface area contributed by atoms with E-state index >= 15 is 0 Å². The molecule has 11 heteroatoms. The van der Waals surface area contributed by atoms with Crippen molar-refractivity contribution in [2.45, 2.75) is 32.1 Å². The maximum Gasteiger partial charge on any atom is 0.410 e. The Morgan fingerprint density at radius 1 is 1.31 bits per heavy atom. The highest BCUT2D eigenvalue weighted by Gasteiger charge is 2.40. The SMILES string of the molecule is CC(=O)[C@@H]1C[C@@H](OS(C)(=O)=O)CN1C(=O)OCc1ccc([N+](=O)[O-])cc1. The number of nitro groups is 1. The Balaban J connectivity index is 2.00. The zero-order chi connectivity index (χ0) is 19.5. The predicted octanol–water partition coefficient (Wildman–Crippen LogP) is 1.24. The number of hydrogen-bond acceptors (Lipinski definition) is 8. The lowest BCUT2D eigenvalue weighted by Gasteiger charge is -2.21. The van der Waals surface area contributed by atoms with E-state index in [1.807, 2.05) is 0 Å². The summed E-state index contributed by atoms with van der Waals surface area (Å²) >= 11 is 0. The lowest BCUT2D eigenvalue weighted by atomic mass is 10.1. The highest BCUT2D eigenvalue weighted by atomic mass is 32.2. The molecule has 1 aromatic rings. The third-order valence-electron chi connectivity index (χ3n) is 3.79. The zero-order valence-corrected chi connectivity index (χ0v) is 15.0. The Hall–Kier alpha value is -2.53. The molecule has 0 bridgehead atoms. The van der Waals surface area contributed by atoms with Crippen LogP contribution in [0.15, 0.2) is 24.3 Å². The molecule has 10 nitrogen and oxygen atoms in total. The fraction of sp³-hybridized carbons (Fsp3) is 0.467. The minimum absolute atomic E-state index is 0.0645. The Morgan fingerprint density at radius 3 is 2.42 bits per heavy atom. The first kappa shape index (κ1) is 19.8. The van der Waals surface area contributed by atoms with Gasteiger partial charge in [-0.15, -0.1) is 0 Å². The average molecular weight is 386 g/mol. The van der Waals surface area contributed by atoms with E-state index in [-0.39, 0.29) is 31.0 Å². The molecule has 0 unspecified atom stereocenters. The molecule has 1 amide bonds. The molecule has 2 atom stereocenters. The van der Waals surface area contributed by atoms with Crippen molar-refractivity contribution in [2.75, 3.05) is 12.8 Å². The number of carbonyl (C=O) groups is 2. The van der Waals surface area contributed by atoms with Crippen molar-refractivity contribution in [3.63, 3.8) is 0 Å². The van der Waals surface area contributed by atoms with Crippen molar-refractivity contribution in [1.29, 1.82) is 0 Å². The Labute approximate surface area is 150 Å². The van der Waals surface area contributed by atoms with Gasteiger partial charge in [0.15, 0.2) is 5.78 Å². The Bertz CT molecular complexity index is 805. The molecule has 0 aliphatic carbocycles. The first-order valence-electron chi connectivity index (χ1n) is 7.62. The number of Topliss-reactive ketones (excluding diaryl/α,β-unsaturated/α-hetero) is 1. The summed E-state index contributed by atoms with van der Waals surface area (Å²) in [4.78, 5) is 35.2. The highest BCUT2D eigenvalue weighted by molar-refractivity contribution is 7.86. The Kier molecular flexibility index (Phi) is 5.93. The fourth-order valence-corrected chi connectivity index (χ4v) is 3.28. The number of carbonyl (C=O) groups excluding carboxylic acids is 2. The van der Waals surface area contributed by atoms with E-state index in [0.29, 0.717) is 5.56 Å². The molecule has 2 rings (SSSR count). The number of rotatable bonds is 6. The standard InChI is InChI=1S/C15H18N2O8S/c1-10(18)14-7-13(25-26(2,22)23)8-16(14)15(19)24-9-11-3-5-12(6-4-11)17(20)21/h3-6,13-14H,7-9H2,1-2H3/t13-,14+/m1/s1. The number of ketones is 1. The minimum Gasteiger partial charge on any atom is -0.445 e. The van der Waals surface area contributed by atoms with E-state index < -0.39 is 33.3 Å². The molecule has 26 heavy (non-hydrogen) atoms. The second-order valence-electron chi connectivity index (χ2n) is 5.92. The van der Waals surface area contributed by atoms with Crippen LogP contribution in [0.25, 0.3) is 0 Å². The topological polar surface area (TPSA) is 133 Å². The van der Waals surface area contributed by atoms with E-state index in [0.717, 1.165) is 11.2 Å². The van der Waals surface area contributed by atoms with Crippen molar-refractivity contribution >= 4 is 27.7 Å². The first-order chi connectivity index (χ1) is 12.1. The quantitative estimate of drug-likeness (QED) is 0.405. The van der Waals surface area contributed by atoms with Crippen molar-refractivity contribution in [2.24, 2.45) is 0 Å². The predicted molar refractivity (Wildman–Crippen MR) is 88.8 cm³/mol. The maximum absolute atomic E-state index is 12.3. The van der Waals surface area contributed by atoms with Gasteiger partial charge in [0, 0.05) is 18.6 Å². The van der Waals surface area contributed by atoms with Crippen molar-refractivity contribution in [1.82, 2.24) is 4.90 Å². The molecule has 1 heterocycles. The largest absolute Gasteiger partial charge is 0.445 e. The van der Waals surface area contributed by atoms with Crippen LogP contribution >= 0.6 is 0 Å². The van der Waals surface area contributed by atoms with E-state index in [1.165, 1.54) is 31.2 Å². The van der Waals surface area contributed by atoms with Crippen LogP contribution in [0, 0.1) is 10.1 Å². The summed E-state index contributed by atoms with van der Waals surface area (Å²) in [5.74, 6) is -0.308. The molecule has 0 radical (unpaired) electrons. The van der Waals surface area contributed by atoms with Crippen molar-refractivity contribution in [3.05, 3.63) is 39.9 Å². The molecule has 142 valence electrons. The highest BCUT2D eigenvalue weighted by Crippen LogP contribution is 2.24. The van der Waals surface area contributed by atoms with Gasteiger partial charge >= 0.3 is 6.09 Å². The number of nitrogens with zero attached hydrogens (tertiary/aromatic N) is 2. The number of non-ortho nitro benzene ring substituents is 1. The molecular formula is C15H18N2O8S. The van der Waals surface area contributed by atoms with Crippen LogP contribution in [0.1, 0.15) is 18.9 Å². The summed E-state index contributed by atoms with van der Waals surface area (Å²) in [6.45, 7) is 1.07. The maximum atomic E-state index is 12.3. The lowest BCUT2D eigenvalue weighted by molar-refractivity contribution is -0.384. The molecule has 0 N–H and O–H groups in total. The van der Waals surface area contributed by atoms with Crippen LogP contribution in [0.4, 0.5) is 10.5 Å². The van der Waals surface area contributed by atoms with Crippen molar-refractivity contribution in [3.8, 4) is 0 Å². The van der Waals surface area contributed by atoms with Gasteiger partial charge in [0.1, 0.15) is 6.61 Å². The molecular weight excluding hydrogens is 368 g/mol. The zero-order valence-electron chi connectivity index (χ0n) is 14.2. The average Bonchev–Trinajstić information content (AvgIpc) is 2.95. The van der Waals surface area contributed by atoms with Crippen LogP contribution in [0.2, 0.25) is 0 Å². The summed E-state index contributed by atoms with van der Waals surface area (Å²) in [5.41, 5.74) is 0.448. The van der Waals surface area contributed by atoms with Crippen LogP contribution in [0.3, 0.4) is 0 Å². The molecule has 1 aliphatic heterocycles. The van der Waals surface area contributed by atoms with Crippen LogP contribution in [-0.4, -0.2) is 55.1 Å². The monoisotopic (exact) mass is 386 g/mol. The minimum atomic E-state index is -3.72. The summed E-state index contributed by atoms with van der Waals surface area (Å²) in [6.07, 6.45) is -0.644. The van der Waals surface area contributed by atoms with Gasteiger partial charge in [-0.25, -0.2) is 4.79 Å². The molecule has 0 spiro atoms. The van der Waals surface area contributed by atoms with E-state index in [2.05, 4.69) is 0 Å². The number of ether oxygens (including phenoxy) is 1. The summed E-state index contributed by atoms with van der Waals surface area (Å²) in [7, 11) is -3.72. The molecule has 1 aromatic carbocycles. The van der Waals surface area contributed by atoms with Gasteiger partial charge in [-0.1, -0.05) is 0 Å². The smallest absolute Gasteiger partial charge is 0.410 e. The van der Waals surface area contributed by atoms with Gasteiger partial charge in [-0.2, -0.15) is 8.42 Å². The van der Waals surface area contributed by atoms with Gasteiger partial charge in [-0.05, 0) is 24.6 Å². The Morgan fingerprint density at radius 2 is 1.92 bits per heavy atom. The normalized spacial score (nSPS) is 20.0. The van der Waals surface area contributed by atoms with Crippen molar-refractivity contribution < 1.29 is 31.9 Å². The number of nitro benzene ring substituents is 1. The lowest BCUT2D eigenvalue weighted by Crippen LogP contribution is -2.40. The van der Waals surface area contributed by atoms with E-state index in [1.54, 1.807) is 0 Å². The molecule has 0 saturated carbocycles. The molecule has 1 aliphatic rings. The van der Waals surface area contributed by atoms with Gasteiger partial charge in [-0.3, -0.25) is 24.0 Å². The third-order valence-corrected chi connectivity index (χ3v) is 4.41. The summed E-state index contributed by atoms with van der Waals surface area (Å²) in [5, 5.41) is 10.6. The number of likely N-dealkylation sites (tertiary alicyclic amines) is 1. The number of benzene rings is 1. The van der Waals surface area contributed by atoms with Crippen LogP contribution in [0.5, 0.6) is 0 Å².